The second-order valence-corrected chi connectivity index (χ2v) is 4.82. The van der Waals surface area contributed by atoms with Crippen molar-refractivity contribution in [2.24, 2.45) is 5.73 Å². The predicted molar refractivity (Wildman–Crippen MR) is 56.5 cm³/mol. The summed E-state index contributed by atoms with van der Waals surface area (Å²) in [4.78, 5) is 31.9. The summed E-state index contributed by atoms with van der Waals surface area (Å²) in [6.45, 7) is 3.29. The Morgan fingerprint density at radius 1 is 1.40 bits per heavy atom. The fraction of sp³-hybridized carbons (Fsp3) is 0.625. The van der Waals surface area contributed by atoms with Gasteiger partial charge in [0, 0.05) is 5.25 Å². The largest absolute Gasteiger partial charge is 0.481 e. The van der Waals surface area contributed by atoms with Gasteiger partial charge in [-0.25, -0.2) is 4.79 Å². The third-order valence-corrected chi connectivity index (χ3v) is 2.77. The smallest absolute Gasteiger partial charge is 0.318 e. The second-order valence-electron chi connectivity index (χ2n) is 3.04. The van der Waals surface area contributed by atoms with Crippen molar-refractivity contribution in [3.8, 4) is 0 Å². The summed E-state index contributed by atoms with van der Waals surface area (Å²) >= 11 is 1.18. The Bertz CT molecular complexity index is 269. The molecule has 0 aliphatic rings. The Morgan fingerprint density at radius 2 is 1.93 bits per heavy atom. The van der Waals surface area contributed by atoms with Crippen LogP contribution in [-0.4, -0.2) is 33.5 Å². The topological polar surface area (TPSA) is 109 Å². The van der Waals surface area contributed by atoms with E-state index in [1.807, 2.05) is 5.32 Å². The molecule has 86 valence electrons. The molecule has 7 heteroatoms. The summed E-state index contributed by atoms with van der Waals surface area (Å²) in [5, 5.41) is 9.72. The molecule has 0 aromatic rings. The van der Waals surface area contributed by atoms with Gasteiger partial charge in [0.2, 0.25) is 5.91 Å². The van der Waals surface area contributed by atoms with Gasteiger partial charge in [0.25, 0.3) is 0 Å². The zero-order valence-electron chi connectivity index (χ0n) is 8.52. The third kappa shape index (κ3) is 6.78. The van der Waals surface area contributed by atoms with Gasteiger partial charge in [-0.05, 0) is 6.92 Å². The molecule has 0 heterocycles. The number of nitrogens with two attached hydrogens (primary N) is 1. The van der Waals surface area contributed by atoms with Crippen LogP contribution in [0, 0.1) is 0 Å². The number of thioether (sulfide) groups is 1. The standard InChI is InChI=1S/C8H14N2O4S/c1-4(3-6(11)12)15-5(2)7(13)10-8(9)14/h4-5H,3H2,1-2H3,(H,11,12)(H3,9,10,13,14). The number of carbonyl (C=O) groups excluding carboxylic acids is 2. The lowest BCUT2D eigenvalue weighted by molar-refractivity contribution is -0.136. The highest BCUT2D eigenvalue weighted by atomic mass is 32.2. The number of urea groups is 1. The lowest BCUT2D eigenvalue weighted by atomic mass is 10.3. The molecule has 0 aromatic heterocycles. The van der Waals surface area contributed by atoms with Gasteiger partial charge in [0.05, 0.1) is 11.7 Å². The summed E-state index contributed by atoms with van der Waals surface area (Å²) < 4.78 is 0. The lowest BCUT2D eigenvalue weighted by Crippen LogP contribution is -2.40. The van der Waals surface area contributed by atoms with Crippen LogP contribution in [0.25, 0.3) is 0 Å². The average Bonchev–Trinajstić information content (AvgIpc) is 2.00. The molecule has 3 amide bonds. The van der Waals surface area contributed by atoms with E-state index in [1.54, 1.807) is 13.8 Å². The molecular weight excluding hydrogens is 220 g/mol. The molecule has 6 nitrogen and oxygen atoms in total. The van der Waals surface area contributed by atoms with Crippen LogP contribution in [0.2, 0.25) is 0 Å². The fourth-order valence-electron chi connectivity index (χ4n) is 0.927. The molecule has 0 aliphatic heterocycles. The molecule has 0 bridgehead atoms. The van der Waals surface area contributed by atoms with Gasteiger partial charge >= 0.3 is 12.0 Å². The number of nitrogens with one attached hydrogen (secondary N) is 1. The molecule has 0 radical (unpaired) electrons. The van der Waals surface area contributed by atoms with Crippen LogP contribution in [0.1, 0.15) is 20.3 Å². The summed E-state index contributed by atoms with van der Waals surface area (Å²) in [7, 11) is 0. The Balaban J connectivity index is 4.00. The van der Waals surface area contributed by atoms with Crippen LogP contribution >= 0.6 is 11.8 Å². The van der Waals surface area contributed by atoms with Gasteiger partial charge in [-0.1, -0.05) is 6.92 Å². The van der Waals surface area contributed by atoms with Crippen molar-refractivity contribution in [2.45, 2.75) is 30.8 Å². The van der Waals surface area contributed by atoms with Crippen molar-refractivity contribution < 1.29 is 19.5 Å². The van der Waals surface area contributed by atoms with Gasteiger partial charge < -0.3 is 10.8 Å². The summed E-state index contributed by atoms with van der Waals surface area (Å²) in [6, 6.07) is -0.904. The number of carbonyl (C=O) groups is 3. The predicted octanol–water partition coefficient (Wildman–Crippen LogP) is 0.166. The molecule has 2 unspecified atom stereocenters. The van der Waals surface area contributed by atoms with Crippen molar-refractivity contribution in [2.75, 3.05) is 0 Å². The number of hydrogen-bond acceptors (Lipinski definition) is 4. The Labute approximate surface area is 91.6 Å². The van der Waals surface area contributed by atoms with Crippen LogP contribution in [0.3, 0.4) is 0 Å². The monoisotopic (exact) mass is 234 g/mol. The van der Waals surface area contributed by atoms with E-state index < -0.39 is 23.2 Å². The number of rotatable bonds is 5. The summed E-state index contributed by atoms with van der Waals surface area (Å²) in [5.74, 6) is -1.43. The maximum atomic E-state index is 11.2. The van der Waals surface area contributed by atoms with Crippen molar-refractivity contribution >= 4 is 29.7 Å². The first-order chi connectivity index (χ1) is 6.82. The van der Waals surface area contributed by atoms with E-state index >= 15 is 0 Å². The van der Waals surface area contributed by atoms with Gasteiger partial charge in [-0.2, -0.15) is 0 Å². The maximum Gasteiger partial charge on any atom is 0.318 e. The summed E-state index contributed by atoms with van der Waals surface area (Å²) in [6.07, 6.45) is -0.0289. The van der Waals surface area contributed by atoms with Gasteiger partial charge in [0.1, 0.15) is 0 Å². The molecule has 0 spiro atoms. The average molecular weight is 234 g/mol. The Kier molecular flexibility index (Phi) is 5.76. The molecule has 0 rings (SSSR count). The van der Waals surface area contributed by atoms with E-state index in [1.165, 1.54) is 11.8 Å². The molecule has 15 heavy (non-hydrogen) atoms. The Morgan fingerprint density at radius 3 is 2.33 bits per heavy atom. The van der Waals surface area contributed by atoms with Crippen LogP contribution in [-0.2, 0) is 9.59 Å². The van der Waals surface area contributed by atoms with E-state index in [0.717, 1.165) is 0 Å². The third-order valence-electron chi connectivity index (χ3n) is 1.51. The minimum Gasteiger partial charge on any atom is -0.481 e. The zero-order valence-corrected chi connectivity index (χ0v) is 9.34. The van der Waals surface area contributed by atoms with E-state index in [-0.39, 0.29) is 11.7 Å². The first kappa shape index (κ1) is 13.8. The quantitative estimate of drug-likeness (QED) is 0.628. The second kappa shape index (κ2) is 6.28. The molecule has 2 atom stereocenters. The highest BCUT2D eigenvalue weighted by Gasteiger charge is 2.19. The number of primary amides is 1. The maximum absolute atomic E-state index is 11.2. The van der Waals surface area contributed by atoms with E-state index in [0.29, 0.717) is 0 Å². The van der Waals surface area contributed by atoms with Crippen molar-refractivity contribution in [3.05, 3.63) is 0 Å². The number of carboxylic acid groups (broad SMARTS) is 1. The number of hydrogen-bond donors (Lipinski definition) is 3. The van der Waals surface area contributed by atoms with Crippen LogP contribution in [0.5, 0.6) is 0 Å². The number of imide groups is 1. The molecule has 0 aliphatic carbocycles. The molecular formula is C8H14N2O4S. The zero-order chi connectivity index (χ0) is 12.0. The van der Waals surface area contributed by atoms with Crippen LogP contribution < -0.4 is 11.1 Å². The first-order valence-corrected chi connectivity index (χ1v) is 5.24. The molecule has 0 fully saturated rings. The highest BCUT2D eigenvalue weighted by Crippen LogP contribution is 2.20. The number of carboxylic acids is 1. The van der Waals surface area contributed by atoms with Gasteiger partial charge in [0.15, 0.2) is 0 Å². The fourth-order valence-corrected chi connectivity index (χ4v) is 2.05. The van der Waals surface area contributed by atoms with Gasteiger partial charge in [-0.15, -0.1) is 11.8 Å². The highest BCUT2D eigenvalue weighted by molar-refractivity contribution is 8.01. The number of amides is 3. The molecule has 0 aromatic carbocycles. The van der Waals surface area contributed by atoms with Crippen LogP contribution in [0.4, 0.5) is 4.79 Å². The minimum absolute atomic E-state index is 0.0289. The molecule has 0 saturated carbocycles. The molecule has 4 N–H and O–H groups in total. The normalized spacial score (nSPS) is 14.0. The van der Waals surface area contributed by atoms with Crippen LogP contribution in [0.15, 0.2) is 0 Å². The van der Waals surface area contributed by atoms with Gasteiger partial charge in [-0.3, -0.25) is 14.9 Å². The SMILES string of the molecule is CC(CC(=O)O)SC(C)C(=O)NC(N)=O. The first-order valence-electron chi connectivity index (χ1n) is 4.30. The summed E-state index contributed by atoms with van der Waals surface area (Å²) in [5.41, 5.74) is 4.77. The van der Waals surface area contributed by atoms with Crippen molar-refractivity contribution in [1.82, 2.24) is 5.32 Å². The number of aliphatic carboxylic acids is 1. The van der Waals surface area contributed by atoms with E-state index in [9.17, 15) is 14.4 Å². The van der Waals surface area contributed by atoms with E-state index in [2.05, 4.69) is 0 Å². The molecule has 0 saturated heterocycles. The van der Waals surface area contributed by atoms with Crippen molar-refractivity contribution in [3.63, 3.8) is 0 Å². The minimum atomic E-state index is -0.919. The lowest BCUT2D eigenvalue weighted by Gasteiger charge is -2.14. The van der Waals surface area contributed by atoms with Crippen molar-refractivity contribution in [1.29, 1.82) is 0 Å². The Hall–Kier alpha value is -1.24. The van der Waals surface area contributed by atoms with E-state index in [4.69, 9.17) is 10.8 Å².